The first-order chi connectivity index (χ1) is 14.0. The molecule has 0 radical (unpaired) electrons. The maximum absolute atomic E-state index is 13.1. The fourth-order valence-electron chi connectivity index (χ4n) is 3.12. The smallest absolute Gasteiger partial charge is 0.332 e. The van der Waals surface area contributed by atoms with Gasteiger partial charge in [0, 0.05) is 37.1 Å². The second-order valence-electron chi connectivity index (χ2n) is 6.60. The Labute approximate surface area is 170 Å². The second kappa shape index (κ2) is 7.56. The topological polar surface area (TPSA) is 83.9 Å². The number of benzene rings is 1. The van der Waals surface area contributed by atoms with E-state index in [-0.39, 0.29) is 30.3 Å². The lowest BCUT2D eigenvalue weighted by Gasteiger charge is -2.09. The predicted octanol–water partition coefficient (Wildman–Crippen LogP) is 2.11. The molecular weight excluding hydrogens is 394 g/mol. The van der Waals surface area contributed by atoms with Crippen molar-refractivity contribution in [3.8, 4) is 6.01 Å². The van der Waals surface area contributed by atoms with Crippen LogP contribution in [0.4, 0.5) is 0 Å². The predicted molar refractivity (Wildman–Crippen MR) is 109 cm³/mol. The van der Waals surface area contributed by atoms with Gasteiger partial charge in [0.15, 0.2) is 11.2 Å². The lowest BCUT2D eigenvalue weighted by Crippen LogP contribution is -2.39. The van der Waals surface area contributed by atoms with Crippen LogP contribution in [0.2, 0.25) is 5.02 Å². The Morgan fingerprint density at radius 2 is 1.86 bits per heavy atom. The van der Waals surface area contributed by atoms with E-state index in [2.05, 4.69) is 9.97 Å². The van der Waals surface area contributed by atoms with Gasteiger partial charge >= 0.3 is 5.69 Å². The molecule has 0 saturated heterocycles. The third-order valence-corrected chi connectivity index (χ3v) is 5.06. The first kappa shape index (κ1) is 18.9. The molecule has 0 saturated carbocycles. The first-order valence-corrected chi connectivity index (χ1v) is 9.26. The van der Waals surface area contributed by atoms with Crippen molar-refractivity contribution in [2.75, 3.05) is 0 Å². The van der Waals surface area contributed by atoms with E-state index in [0.29, 0.717) is 10.6 Å². The van der Waals surface area contributed by atoms with E-state index in [1.165, 1.54) is 4.57 Å². The summed E-state index contributed by atoms with van der Waals surface area (Å²) in [5.74, 6) is 0. The van der Waals surface area contributed by atoms with Gasteiger partial charge in [-0.3, -0.25) is 23.5 Å². The van der Waals surface area contributed by atoms with Crippen LogP contribution in [0.15, 0.2) is 58.4 Å². The zero-order valence-corrected chi connectivity index (χ0v) is 16.6. The number of hydrogen-bond acceptors (Lipinski definition) is 5. The minimum atomic E-state index is -0.473. The summed E-state index contributed by atoms with van der Waals surface area (Å²) in [5.41, 5.74) is 1.17. The zero-order valence-electron chi connectivity index (χ0n) is 15.9. The lowest BCUT2D eigenvalue weighted by atomic mass is 10.2. The highest BCUT2D eigenvalue weighted by Crippen LogP contribution is 2.18. The van der Waals surface area contributed by atoms with Crippen molar-refractivity contribution in [1.82, 2.24) is 23.7 Å². The number of aromatic nitrogens is 5. The fraction of sp³-hybridized carbons (Fsp3) is 0.200. The van der Waals surface area contributed by atoms with E-state index in [1.54, 1.807) is 49.3 Å². The summed E-state index contributed by atoms with van der Waals surface area (Å²) >= 11 is 6.20. The summed E-state index contributed by atoms with van der Waals surface area (Å²) in [5, 5.41) is 0.493. The summed E-state index contributed by atoms with van der Waals surface area (Å²) in [4.78, 5) is 34.3. The van der Waals surface area contributed by atoms with Crippen molar-refractivity contribution in [3.05, 3.63) is 85.8 Å². The summed E-state index contributed by atoms with van der Waals surface area (Å²) in [6, 6.07) is 11.0. The van der Waals surface area contributed by atoms with Crippen molar-refractivity contribution < 1.29 is 4.74 Å². The number of pyridine rings is 1. The van der Waals surface area contributed by atoms with Gasteiger partial charge in [-0.2, -0.15) is 4.98 Å². The molecule has 148 valence electrons. The molecule has 0 atom stereocenters. The number of nitrogens with zero attached hydrogens (tertiary/aromatic N) is 5. The van der Waals surface area contributed by atoms with Gasteiger partial charge in [0.2, 0.25) is 0 Å². The molecular formula is C20H18ClN5O3. The normalized spacial score (nSPS) is 11.1. The Morgan fingerprint density at radius 3 is 2.59 bits per heavy atom. The van der Waals surface area contributed by atoms with Crippen LogP contribution in [0.1, 0.15) is 11.1 Å². The summed E-state index contributed by atoms with van der Waals surface area (Å²) < 4.78 is 9.80. The average molecular weight is 412 g/mol. The molecule has 4 rings (SSSR count). The number of halogens is 1. The number of ether oxygens (including phenoxy) is 1. The Bertz CT molecular complexity index is 1310. The van der Waals surface area contributed by atoms with Gasteiger partial charge in [-0.15, -0.1) is 0 Å². The molecule has 0 amide bonds. The highest BCUT2D eigenvalue weighted by molar-refractivity contribution is 6.31. The van der Waals surface area contributed by atoms with Crippen molar-refractivity contribution in [2.24, 2.45) is 14.1 Å². The first-order valence-electron chi connectivity index (χ1n) is 8.88. The third-order valence-electron chi connectivity index (χ3n) is 4.70. The molecule has 0 bridgehead atoms. The van der Waals surface area contributed by atoms with Gasteiger partial charge in [-0.1, -0.05) is 35.9 Å². The van der Waals surface area contributed by atoms with Crippen molar-refractivity contribution in [2.45, 2.75) is 13.2 Å². The molecule has 0 aliphatic heterocycles. The van der Waals surface area contributed by atoms with Crippen LogP contribution in [0, 0.1) is 0 Å². The van der Waals surface area contributed by atoms with Gasteiger partial charge < -0.3 is 4.74 Å². The number of hydrogen-bond donors (Lipinski definition) is 0. The van der Waals surface area contributed by atoms with Crippen molar-refractivity contribution in [1.29, 1.82) is 0 Å². The van der Waals surface area contributed by atoms with E-state index in [4.69, 9.17) is 16.3 Å². The number of fused-ring (bicyclic) bond motifs is 1. The molecule has 0 spiro atoms. The maximum Gasteiger partial charge on any atom is 0.332 e. The third kappa shape index (κ3) is 3.42. The minimum absolute atomic E-state index is 0.0676. The monoisotopic (exact) mass is 411 g/mol. The van der Waals surface area contributed by atoms with E-state index in [9.17, 15) is 9.59 Å². The summed E-state index contributed by atoms with van der Waals surface area (Å²) in [6.45, 7) is 0.310. The molecule has 4 aromatic rings. The van der Waals surface area contributed by atoms with Crippen LogP contribution in [-0.2, 0) is 27.2 Å². The van der Waals surface area contributed by atoms with Gasteiger partial charge in [0.25, 0.3) is 11.6 Å². The van der Waals surface area contributed by atoms with Crippen molar-refractivity contribution in [3.63, 3.8) is 0 Å². The van der Waals surface area contributed by atoms with Crippen LogP contribution in [0.25, 0.3) is 11.2 Å². The zero-order chi connectivity index (χ0) is 20.5. The number of imidazole rings is 1. The van der Waals surface area contributed by atoms with Crippen LogP contribution >= 0.6 is 11.6 Å². The SMILES string of the molecule is Cn1c(OCc2cccnc2)nc2c1c(=O)n(Cc1ccccc1Cl)c(=O)n2C. The molecule has 8 nitrogen and oxygen atoms in total. The summed E-state index contributed by atoms with van der Waals surface area (Å²) in [7, 11) is 3.25. The quantitative estimate of drug-likeness (QED) is 0.502. The molecule has 0 fully saturated rings. The number of rotatable bonds is 5. The molecule has 3 heterocycles. The van der Waals surface area contributed by atoms with Crippen LogP contribution in [0.5, 0.6) is 6.01 Å². The second-order valence-corrected chi connectivity index (χ2v) is 7.01. The standard InChI is InChI=1S/C20H18ClN5O3/c1-24-16-17(23-19(24)29-12-13-6-5-9-22-10-13)25(2)20(28)26(18(16)27)11-14-7-3-4-8-15(14)21/h3-10H,11-12H2,1-2H3. The summed E-state index contributed by atoms with van der Waals surface area (Å²) in [6.07, 6.45) is 3.37. The average Bonchev–Trinajstić information content (AvgIpc) is 3.06. The fourth-order valence-corrected chi connectivity index (χ4v) is 3.32. The highest BCUT2D eigenvalue weighted by atomic mass is 35.5. The highest BCUT2D eigenvalue weighted by Gasteiger charge is 2.20. The Morgan fingerprint density at radius 1 is 1.07 bits per heavy atom. The van der Waals surface area contributed by atoms with Gasteiger partial charge in [-0.05, 0) is 17.7 Å². The van der Waals surface area contributed by atoms with E-state index in [1.807, 2.05) is 18.2 Å². The molecule has 29 heavy (non-hydrogen) atoms. The van der Waals surface area contributed by atoms with Crippen LogP contribution in [0.3, 0.4) is 0 Å². The number of aryl methyl sites for hydroxylation is 2. The Kier molecular flexibility index (Phi) is 4.94. The molecule has 0 aliphatic carbocycles. The molecule has 1 aromatic carbocycles. The van der Waals surface area contributed by atoms with Crippen LogP contribution in [-0.4, -0.2) is 23.7 Å². The molecule has 3 aromatic heterocycles. The van der Waals surface area contributed by atoms with Crippen molar-refractivity contribution >= 4 is 22.8 Å². The minimum Gasteiger partial charge on any atom is -0.460 e. The Hall–Kier alpha value is -3.39. The largest absolute Gasteiger partial charge is 0.460 e. The van der Waals surface area contributed by atoms with E-state index < -0.39 is 11.2 Å². The van der Waals surface area contributed by atoms with Gasteiger partial charge in [-0.25, -0.2) is 4.79 Å². The molecule has 0 unspecified atom stereocenters. The van der Waals surface area contributed by atoms with Gasteiger partial charge in [0.1, 0.15) is 6.61 Å². The molecule has 0 N–H and O–H groups in total. The molecule has 0 aliphatic rings. The van der Waals surface area contributed by atoms with E-state index in [0.717, 1.165) is 10.1 Å². The molecule has 9 heteroatoms. The van der Waals surface area contributed by atoms with Crippen LogP contribution < -0.4 is 16.0 Å². The Balaban J connectivity index is 1.78. The van der Waals surface area contributed by atoms with Gasteiger partial charge in [0.05, 0.1) is 6.54 Å². The maximum atomic E-state index is 13.1. The van der Waals surface area contributed by atoms with E-state index >= 15 is 0 Å². The lowest BCUT2D eigenvalue weighted by molar-refractivity contribution is 0.272.